The molecular formula is C43H44ClN3O13. The summed E-state index contributed by atoms with van der Waals surface area (Å²) in [5, 5.41) is 36.9. The average molecular weight is 846 g/mol. The Labute approximate surface area is 349 Å². The van der Waals surface area contributed by atoms with Crippen molar-refractivity contribution in [2.24, 2.45) is 5.73 Å². The highest BCUT2D eigenvalue weighted by Gasteiger charge is 2.58. The number of ether oxygens (including phenoxy) is 7. The second-order valence-corrected chi connectivity index (χ2v) is 16.3. The molecule has 16 nitrogen and oxygen atoms in total. The molecule has 60 heavy (non-hydrogen) atoms. The molecular weight excluding hydrogens is 802 g/mol. The molecule has 11 rings (SSSR count). The second-order valence-electron chi connectivity index (χ2n) is 15.9. The van der Waals surface area contributed by atoms with Gasteiger partial charge in [0, 0.05) is 17.7 Å². The Morgan fingerprint density at radius 1 is 1.08 bits per heavy atom. The Morgan fingerprint density at radius 2 is 1.85 bits per heavy atom. The normalized spacial score (nSPS) is 28.9. The third-order valence-electron chi connectivity index (χ3n) is 11.4. The Bertz CT molecular complexity index is 2360. The van der Waals surface area contributed by atoms with E-state index in [1.165, 1.54) is 31.4 Å². The van der Waals surface area contributed by atoms with Crippen molar-refractivity contribution in [3.8, 4) is 23.0 Å². The summed E-state index contributed by atoms with van der Waals surface area (Å²) in [6, 6.07) is 9.16. The fourth-order valence-electron chi connectivity index (χ4n) is 8.63. The number of benzene rings is 3. The first-order chi connectivity index (χ1) is 28.4. The average Bonchev–Trinajstić information content (AvgIpc) is 3.70. The van der Waals surface area contributed by atoms with E-state index in [1.54, 1.807) is 69.3 Å². The van der Waals surface area contributed by atoms with Crippen molar-refractivity contribution in [3.63, 3.8) is 0 Å². The molecule has 8 aliphatic rings. The van der Waals surface area contributed by atoms with Gasteiger partial charge in [-0.05, 0) is 80.5 Å². The monoisotopic (exact) mass is 845 g/mol. The van der Waals surface area contributed by atoms with E-state index in [0.717, 1.165) is 0 Å². The summed E-state index contributed by atoms with van der Waals surface area (Å²) >= 11 is 6.77. The molecule has 6 heterocycles. The first kappa shape index (κ1) is 41.3. The number of fused-ring (bicyclic) bond motifs is 2. The number of rotatable bonds is 6. The van der Waals surface area contributed by atoms with Gasteiger partial charge in [0.05, 0.1) is 41.4 Å². The van der Waals surface area contributed by atoms with Crippen LogP contribution in [0.25, 0.3) is 5.57 Å². The summed E-state index contributed by atoms with van der Waals surface area (Å²) in [4.78, 5) is 41.7. The maximum atomic E-state index is 14.1. The lowest BCUT2D eigenvalue weighted by Gasteiger charge is -2.51. The highest BCUT2D eigenvalue weighted by atomic mass is 35.5. The van der Waals surface area contributed by atoms with Crippen LogP contribution in [0.4, 0.5) is 5.69 Å². The van der Waals surface area contributed by atoms with Crippen LogP contribution >= 0.6 is 11.6 Å². The minimum atomic E-state index is -1.55. The van der Waals surface area contributed by atoms with Crippen molar-refractivity contribution in [2.75, 3.05) is 33.1 Å². The number of nitrogens with zero attached hydrogens (tertiary/aromatic N) is 1. The van der Waals surface area contributed by atoms with Crippen LogP contribution in [0.15, 0.2) is 73.0 Å². The number of methoxy groups -OCH3 is 1. The first-order valence-electron chi connectivity index (χ1n) is 19.1. The van der Waals surface area contributed by atoms with Crippen molar-refractivity contribution >= 4 is 40.7 Å². The molecule has 0 aromatic heterocycles. The van der Waals surface area contributed by atoms with Gasteiger partial charge in [-0.1, -0.05) is 42.5 Å². The summed E-state index contributed by atoms with van der Waals surface area (Å²) in [7, 11) is 4.94. The number of carbonyl (C=O) groups excluding carboxylic acids is 3. The molecule has 6 N–H and O–H groups in total. The highest BCUT2D eigenvalue weighted by Crippen LogP contribution is 2.58. The molecule has 3 aromatic carbocycles. The Balaban J connectivity index is 1.23. The number of aromatic hydroxyl groups is 1. The van der Waals surface area contributed by atoms with Gasteiger partial charge in [0.1, 0.15) is 24.6 Å². The van der Waals surface area contributed by atoms with E-state index in [9.17, 15) is 29.7 Å². The zero-order valence-corrected chi connectivity index (χ0v) is 34.0. The largest absolute Gasteiger partial charge is 0.504 e. The number of aliphatic hydroxyl groups excluding tert-OH is 2. The molecule has 1 fully saturated rings. The zero-order valence-electron chi connectivity index (χ0n) is 33.3. The summed E-state index contributed by atoms with van der Waals surface area (Å²) in [6.07, 6.45) is -1.61. The van der Waals surface area contributed by atoms with E-state index in [-0.39, 0.29) is 51.5 Å². The van der Waals surface area contributed by atoms with Gasteiger partial charge in [-0.3, -0.25) is 9.59 Å². The lowest BCUT2D eigenvalue weighted by molar-refractivity contribution is -0.329. The van der Waals surface area contributed by atoms with E-state index in [0.29, 0.717) is 27.8 Å². The molecule has 4 unspecified atom stereocenters. The van der Waals surface area contributed by atoms with E-state index >= 15 is 0 Å². The number of esters is 2. The van der Waals surface area contributed by atoms with Gasteiger partial charge < -0.3 is 64.4 Å². The highest BCUT2D eigenvalue weighted by molar-refractivity contribution is 6.32. The minimum absolute atomic E-state index is 0.00872. The maximum Gasteiger partial charge on any atom is 0.341 e. The topological polar surface area (TPSA) is 218 Å². The minimum Gasteiger partial charge on any atom is -0.504 e. The Kier molecular flexibility index (Phi) is 10.5. The molecule has 0 spiro atoms. The van der Waals surface area contributed by atoms with E-state index in [2.05, 4.69) is 11.9 Å². The van der Waals surface area contributed by atoms with E-state index < -0.39 is 78.4 Å². The first-order valence-corrected chi connectivity index (χ1v) is 19.4. The van der Waals surface area contributed by atoms with Crippen LogP contribution < -0.4 is 25.3 Å². The number of amides is 1. The molecule has 1 amide bonds. The number of halogens is 1. The second kappa shape index (κ2) is 15.2. The molecule has 6 aliphatic heterocycles. The number of allylic oxidation sites excluding steroid dienone is 2. The van der Waals surface area contributed by atoms with Crippen LogP contribution in [0.3, 0.4) is 0 Å². The third-order valence-corrected chi connectivity index (χ3v) is 11.7. The number of nitrogens with two attached hydrogens (primary N) is 1. The lowest BCUT2D eigenvalue weighted by Crippen LogP contribution is -2.67. The zero-order chi connectivity index (χ0) is 43.0. The maximum absolute atomic E-state index is 14.1. The molecule has 316 valence electrons. The van der Waals surface area contributed by atoms with Crippen LogP contribution in [-0.4, -0.2) is 102 Å². The van der Waals surface area contributed by atoms with Crippen LogP contribution in [-0.2, 0) is 28.5 Å². The molecule has 1 saturated heterocycles. The van der Waals surface area contributed by atoms with Gasteiger partial charge >= 0.3 is 11.9 Å². The number of hydrogen-bond acceptors (Lipinski definition) is 15. The number of anilines is 1. The van der Waals surface area contributed by atoms with Gasteiger partial charge in [0.25, 0.3) is 5.91 Å². The quantitative estimate of drug-likeness (QED) is 0.172. The van der Waals surface area contributed by atoms with Crippen LogP contribution in [0.1, 0.15) is 71.1 Å². The van der Waals surface area contributed by atoms with Crippen LogP contribution in [0.2, 0.25) is 5.02 Å². The van der Waals surface area contributed by atoms with Crippen LogP contribution in [0.5, 0.6) is 23.0 Å². The number of phenols is 1. The number of hydrogen-bond donors (Lipinski definition) is 5. The standard InChI is InChI=1S/C43H44ClN3O13/c1-19-39(52)46-33-25(15-22(54-6)16-30(33)56-19)40(53)57-31-18-55-32(49)17-28(45)21-13-27(44)36(29(48)14-21)58-38-23-10-9-20(31)12-24(23)26-8-7-11-43(26,38)60-41-35(51)34(50)37(47(4)5)42(2,3)59-41/h7-16,28,31,34-35,37-38,41,48,50-51H,1,17-18,45H2,2-6H3,(H,46,52)/t28-,31-,34?,35?,37?,38+,41?,43+/m0/s1. The summed E-state index contributed by atoms with van der Waals surface area (Å²) in [6.45, 7) is 6.71. The van der Waals surface area contributed by atoms with Crippen molar-refractivity contribution in [2.45, 2.75) is 74.3 Å². The number of aliphatic hydroxyl groups is 2. The number of carbonyl (C=O) groups is 3. The summed E-state index contributed by atoms with van der Waals surface area (Å²) < 4.78 is 42.6. The van der Waals surface area contributed by atoms with Gasteiger partial charge in [-0.2, -0.15) is 0 Å². The SMILES string of the molecule is C=C1Oc2cc(OC)cc(C(=O)O[C@H]3COC(=O)C[C@H](N)c4cc(O)c(c(Cl)c4)O[C@@H]4c5ccc3cc5C3=CC=C[C@@]34OC3OC(C)(C)C(N(C)C)C(O)C3O)c2NC1=O. The number of nitrogens with one attached hydrogen (secondary N) is 1. The molecule has 6 bridgehead atoms. The third kappa shape index (κ3) is 6.97. The van der Waals surface area contributed by atoms with Gasteiger partial charge in [-0.25, -0.2) is 4.79 Å². The molecule has 2 aliphatic carbocycles. The fourth-order valence-corrected chi connectivity index (χ4v) is 8.90. The number of likely N-dealkylation sites (N-methyl/N-ethyl adjacent to an activating group) is 1. The van der Waals surface area contributed by atoms with Crippen molar-refractivity contribution < 1.29 is 62.9 Å². The van der Waals surface area contributed by atoms with Gasteiger partial charge in [-0.15, -0.1) is 0 Å². The van der Waals surface area contributed by atoms with Crippen molar-refractivity contribution in [3.05, 3.63) is 106 Å². The smallest absolute Gasteiger partial charge is 0.341 e. The summed E-state index contributed by atoms with van der Waals surface area (Å²) in [5.41, 5.74) is 6.07. The predicted octanol–water partition coefficient (Wildman–Crippen LogP) is 4.37. The van der Waals surface area contributed by atoms with Gasteiger partial charge in [0.2, 0.25) is 0 Å². The summed E-state index contributed by atoms with van der Waals surface area (Å²) in [5.74, 6) is -2.66. The fraction of sp³-hybridized carbons (Fsp3) is 0.372. The van der Waals surface area contributed by atoms with E-state index in [1.807, 2.05) is 0 Å². The molecule has 17 heteroatoms. The molecule has 0 radical (unpaired) electrons. The van der Waals surface area contributed by atoms with E-state index in [4.69, 9.17) is 50.5 Å². The molecule has 3 aromatic rings. The Morgan fingerprint density at radius 3 is 2.57 bits per heavy atom. The van der Waals surface area contributed by atoms with Gasteiger partial charge in [0.15, 0.2) is 47.1 Å². The molecule has 0 saturated carbocycles. The van der Waals surface area contributed by atoms with Crippen LogP contribution in [0, 0.1) is 0 Å². The lowest BCUT2D eigenvalue weighted by atomic mass is 9.86. The number of phenolic OH excluding ortho intramolecular Hbond substituents is 1. The Hall–Kier alpha value is -5.46. The molecule has 8 atom stereocenters. The predicted molar refractivity (Wildman–Crippen MR) is 214 cm³/mol. The van der Waals surface area contributed by atoms with Crippen molar-refractivity contribution in [1.29, 1.82) is 0 Å². The van der Waals surface area contributed by atoms with Crippen molar-refractivity contribution in [1.82, 2.24) is 4.90 Å².